The molecule has 7 heteroatoms. The van der Waals surface area contributed by atoms with Gasteiger partial charge in [-0.2, -0.15) is 0 Å². The van der Waals surface area contributed by atoms with E-state index in [9.17, 15) is 4.79 Å². The lowest BCUT2D eigenvalue weighted by Gasteiger charge is -2.33. The standard InChI is InChI=1S/C17H26N4OS.ClH/c18-16-19-11-13(23-16)12-20-8-4-17(5-9-20)10-14(17)15(22)21-6-2-1-3-7-21;/h11,14H,1-10,12H2,(H2,18,19);1H. The molecule has 2 N–H and O–H groups in total. The monoisotopic (exact) mass is 370 g/mol. The number of piperidine rings is 2. The number of hydrogen-bond donors (Lipinski definition) is 1. The van der Waals surface area contributed by atoms with Gasteiger partial charge in [-0.3, -0.25) is 9.69 Å². The van der Waals surface area contributed by atoms with Crippen LogP contribution in [0.15, 0.2) is 6.20 Å². The van der Waals surface area contributed by atoms with Gasteiger partial charge < -0.3 is 10.6 Å². The zero-order chi connectivity index (χ0) is 15.9. The number of nitrogens with zero attached hydrogens (tertiary/aromatic N) is 3. The van der Waals surface area contributed by atoms with Crippen LogP contribution in [-0.4, -0.2) is 46.9 Å². The summed E-state index contributed by atoms with van der Waals surface area (Å²) in [5.74, 6) is 0.773. The first-order valence-electron chi connectivity index (χ1n) is 8.88. The fourth-order valence-corrected chi connectivity index (χ4v) is 5.08. The predicted molar refractivity (Wildman–Crippen MR) is 99.3 cm³/mol. The van der Waals surface area contributed by atoms with Gasteiger partial charge in [0.25, 0.3) is 0 Å². The minimum Gasteiger partial charge on any atom is -0.375 e. The topological polar surface area (TPSA) is 62.5 Å². The first-order valence-corrected chi connectivity index (χ1v) is 9.69. The largest absolute Gasteiger partial charge is 0.375 e. The number of aromatic nitrogens is 1. The highest BCUT2D eigenvalue weighted by Gasteiger charge is 2.59. The Morgan fingerprint density at radius 2 is 1.96 bits per heavy atom. The number of carbonyl (C=O) groups is 1. The molecule has 1 atom stereocenters. The Bertz CT molecular complexity index is 579. The van der Waals surface area contributed by atoms with Crippen molar-refractivity contribution >= 4 is 34.8 Å². The lowest BCUT2D eigenvalue weighted by molar-refractivity contribution is -0.134. The van der Waals surface area contributed by atoms with Crippen LogP contribution in [0.1, 0.15) is 43.4 Å². The number of anilines is 1. The molecule has 4 rings (SSSR count). The molecule has 1 aromatic rings. The zero-order valence-electron chi connectivity index (χ0n) is 14.1. The Morgan fingerprint density at radius 3 is 2.58 bits per heavy atom. The smallest absolute Gasteiger partial charge is 0.226 e. The van der Waals surface area contributed by atoms with Crippen molar-refractivity contribution in [3.8, 4) is 0 Å². The fourth-order valence-electron chi connectivity index (χ4n) is 4.36. The number of hydrogen-bond acceptors (Lipinski definition) is 5. The predicted octanol–water partition coefficient (Wildman–Crippen LogP) is 2.76. The number of nitrogens with two attached hydrogens (primary N) is 1. The first kappa shape index (κ1) is 18.0. The van der Waals surface area contributed by atoms with E-state index >= 15 is 0 Å². The van der Waals surface area contributed by atoms with Crippen LogP contribution in [0.4, 0.5) is 5.13 Å². The van der Waals surface area contributed by atoms with Crippen LogP contribution in [-0.2, 0) is 11.3 Å². The number of nitrogen functional groups attached to an aromatic ring is 1. The minimum atomic E-state index is 0. The van der Waals surface area contributed by atoms with Gasteiger partial charge in [-0.05, 0) is 57.0 Å². The van der Waals surface area contributed by atoms with Crippen molar-refractivity contribution in [3.63, 3.8) is 0 Å². The molecule has 0 radical (unpaired) electrons. The van der Waals surface area contributed by atoms with E-state index in [-0.39, 0.29) is 12.4 Å². The van der Waals surface area contributed by atoms with Gasteiger partial charge in [-0.15, -0.1) is 23.7 Å². The maximum atomic E-state index is 12.7. The van der Waals surface area contributed by atoms with Crippen LogP contribution in [0.5, 0.6) is 0 Å². The Hall–Kier alpha value is -0.850. The van der Waals surface area contributed by atoms with E-state index in [1.54, 1.807) is 11.3 Å². The summed E-state index contributed by atoms with van der Waals surface area (Å²) in [6, 6.07) is 0. The second kappa shape index (κ2) is 7.18. The highest BCUT2D eigenvalue weighted by molar-refractivity contribution is 7.15. The van der Waals surface area contributed by atoms with E-state index in [4.69, 9.17) is 5.73 Å². The molecule has 5 nitrogen and oxygen atoms in total. The molecule has 1 unspecified atom stereocenters. The van der Waals surface area contributed by atoms with Gasteiger partial charge in [0.15, 0.2) is 5.13 Å². The van der Waals surface area contributed by atoms with E-state index < -0.39 is 0 Å². The van der Waals surface area contributed by atoms with Gasteiger partial charge in [-0.1, -0.05) is 0 Å². The van der Waals surface area contributed by atoms with Crippen LogP contribution in [0.2, 0.25) is 0 Å². The van der Waals surface area contributed by atoms with Crippen molar-refractivity contribution in [1.82, 2.24) is 14.8 Å². The van der Waals surface area contributed by atoms with Crippen molar-refractivity contribution in [2.45, 2.75) is 45.1 Å². The zero-order valence-corrected chi connectivity index (χ0v) is 15.7. The average molecular weight is 371 g/mol. The number of carbonyl (C=O) groups excluding carboxylic acids is 1. The second-order valence-corrected chi connectivity index (χ2v) is 8.59. The Balaban J connectivity index is 0.00000169. The van der Waals surface area contributed by atoms with Crippen LogP contribution >= 0.6 is 23.7 Å². The Morgan fingerprint density at radius 1 is 1.25 bits per heavy atom. The van der Waals surface area contributed by atoms with Crippen molar-refractivity contribution in [1.29, 1.82) is 0 Å². The van der Waals surface area contributed by atoms with E-state index in [1.807, 2.05) is 6.20 Å². The molecular weight excluding hydrogens is 344 g/mol. The third kappa shape index (κ3) is 3.55. The molecule has 1 aromatic heterocycles. The van der Waals surface area contributed by atoms with E-state index in [0.29, 0.717) is 22.4 Å². The summed E-state index contributed by atoms with van der Waals surface area (Å²) >= 11 is 1.59. The van der Waals surface area contributed by atoms with Gasteiger partial charge >= 0.3 is 0 Å². The van der Waals surface area contributed by atoms with Gasteiger partial charge in [0, 0.05) is 36.6 Å². The molecule has 134 valence electrons. The van der Waals surface area contributed by atoms with E-state index in [1.165, 1.54) is 37.0 Å². The summed E-state index contributed by atoms with van der Waals surface area (Å²) in [5, 5.41) is 0.655. The Labute approximate surface area is 154 Å². The highest BCUT2D eigenvalue weighted by Crippen LogP contribution is 2.60. The number of amides is 1. The molecular formula is C17H27ClN4OS. The third-order valence-corrected chi connectivity index (χ3v) is 6.77. The third-order valence-electron chi connectivity index (χ3n) is 5.96. The fraction of sp³-hybridized carbons (Fsp3) is 0.765. The molecule has 1 amide bonds. The van der Waals surface area contributed by atoms with E-state index in [2.05, 4.69) is 14.8 Å². The molecule has 0 bridgehead atoms. The van der Waals surface area contributed by atoms with Crippen LogP contribution in [0.3, 0.4) is 0 Å². The number of rotatable bonds is 3. The van der Waals surface area contributed by atoms with Gasteiger partial charge in [0.2, 0.25) is 5.91 Å². The summed E-state index contributed by atoms with van der Waals surface area (Å²) in [6.07, 6.45) is 9.04. The summed E-state index contributed by atoms with van der Waals surface area (Å²) in [6.45, 7) is 5.13. The summed E-state index contributed by atoms with van der Waals surface area (Å²) < 4.78 is 0. The average Bonchev–Trinajstić information content (AvgIpc) is 3.13. The normalized spacial score (nSPS) is 26.2. The van der Waals surface area contributed by atoms with Gasteiger partial charge in [-0.25, -0.2) is 4.98 Å². The van der Waals surface area contributed by atoms with Crippen LogP contribution < -0.4 is 5.73 Å². The van der Waals surface area contributed by atoms with Crippen molar-refractivity contribution in [2.24, 2.45) is 11.3 Å². The number of thiazole rings is 1. The van der Waals surface area contributed by atoms with Crippen LogP contribution in [0, 0.1) is 11.3 Å². The summed E-state index contributed by atoms with van der Waals surface area (Å²) in [7, 11) is 0. The van der Waals surface area contributed by atoms with Crippen LogP contribution in [0.25, 0.3) is 0 Å². The summed E-state index contributed by atoms with van der Waals surface area (Å²) in [4.78, 5) is 22.7. The second-order valence-electron chi connectivity index (χ2n) is 7.45. The molecule has 3 fully saturated rings. The molecule has 1 aliphatic carbocycles. The quantitative estimate of drug-likeness (QED) is 0.888. The Kier molecular flexibility index (Phi) is 5.37. The number of halogens is 1. The number of likely N-dealkylation sites (tertiary alicyclic amines) is 2. The summed E-state index contributed by atoms with van der Waals surface area (Å²) in [5.41, 5.74) is 6.04. The molecule has 1 saturated carbocycles. The molecule has 3 heterocycles. The van der Waals surface area contributed by atoms with Gasteiger partial charge in [0.05, 0.1) is 0 Å². The lowest BCUT2D eigenvalue weighted by Crippen LogP contribution is -2.40. The molecule has 2 saturated heterocycles. The van der Waals surface area contributed by atoms with Crippen molar-refractivity contribution in [3.05, 3.63) is 11.1 Å². The molecule has 2 aliphatic heterocycles. The maximum absolute atomic E-state index is 12.7. The minimum absolute atomic E-state index is 0. The molecule has 1 spiro atoms. The highest BCUT2D eigenvalue weighted by atomic mass is 35.5. The SMILES string of the molecule is Cl.Nc1ncc(CN2CCC3(CC2)CC3C(=O)N2CCCCC2)s1. The molecule has 0 aromatic carbocycles. The molecule has 3 aliphatic rings. The molecule has 24 heavy (non-hydrogen) atoms. The lowest BCUT2D eigenvalue weighted by atomic mass is 9.90. The maximum Gasteiger partial charge on any atom is 0.226 e. The van der Waals surface area contributed by atoms with Crippen molar-refractivity contribution < 1.29 is 4.79 Å². The first-order chi connectivity index (χ1) is 11.2. The van der Waals surface area contributed by atoms with Crippen molar-refractivity contribution in [2.75, 3.05) is 31.9 Å². The van der Waals surface area contributed by atoms with E-state index in [0.717, 1.165) is 39.1 Å². The van der Waals surface area contributed by atoms with Gasteiger partial charge in [0.1, 0.15) is 0 Å².